The van der Waals surface area contributed by atoms with Crippen LogP contribution in [0.5, 0.6) is 5.75 Å². The molecular weight excluding hydrogens is 291 g/mol. The summed E-state index contributed by atoms with van der Waals surface area (Å²) in [6.07, 6.45) is 0.920. The van der Waals surface area contributed by atoms with Gasteiger partial charge in [0.05, 0.1) is 11.6 Å². The van der Waals surface area contributed by atoms with Gasteiger partial charge in [0.2, 0.25) is 0 Å². The number of hydrogen-bond acceptors (Lipinski definition) is 2. The minimum atomic E-state index is -0.468. The maximum Gasteiger partial charge on any atom is 0.144 e. The van der Waals surface area contributed by atoms with E-state index in [2.05, 4.69) is 0 Å². The minimum absolute atomic E-state index is 0.0488. The molecule has 3 rings (SSSR count). The first-order chi connectivity index (χ1) is 10.1. The van der Waals surface area contributed by atoms with Crippen molar-refractivity contribution in [1.29, 1.82) is 0 Å². The van der Waals surface area contributed by atoms with E-state index >= 15 is 0 Å². The van der Waals surface area contributed by atoms with Crippen LogP contribution in [0.25, 0.3) is 0 Å². The molecule has 0 spiro atoms. The number of fused-ring (bicyclic) bond motifs is 1. The van der Waals surface area contributed by atoms with Crippen molar-refractivity contribution >= 4 is 17.4 Å². The van der Waals surface area contributed by atoms with E-state index in [0.717, 1.165) is 16.9 Å². The van der Waals surface area contributed by atoms with Crippen molar-refractivity contribution in [2.45, 2.75) is 18.8 Å². The van der Waals surface area contributed by atoms with Gasteiger partial charge in [0.1, 0.15) is 17.3 Å². The molecular formula is C17H14ClFO2. The van der Waals surface area contributed by atoms with E-state index in [1.165, 1.54) is 12.1 Å². The Hall–Kier alpha value is -1.87. The number of carbonyl (C=O) groups is 1. The van der Waals surface area contributed by atoms with Crippen LogP contribution < -0.4 is 4.74 Å². The smallest absolute Gasteiger partial charge is 0.144 e. The van der Waals surface area contributed by atoms with Gasteiger partial charge in [-0.3, -0.25) is 4.79 Å². The zero-order valence-corrected chi connectivity index (χ0v) is 12.1. The molecule has 0 fully saturated rings. The fraction of sp³-hybridized carbons (Fsp3) is 0.235. The highest BCUT2D eigenvalue weighted by atomic mass is 35.5. The van der Waals surface area contributed by atoms with Crippen LogP contribution in [0.1, 0.15) is 23.5 Å². The van der Waals surface area contributed by atoms with E-state index in [-0.39, 0.29) is 23.1 Å². The van der Waals surface area contributed by atoms with Gasteiger partial charge in [-0.2, -0.15) is 0 Å². The number of carbonyl (C=O) groups excluding carboxylic acids is 1. The van der Waals surface area contributed by atoms with E-state index in [1.54, 1.807) is 6.07 Å². The van der Waals surface area contributed by atoms with Gasteiger partial charge in [0, 0.05) is 17.9 Å². The average molecular weight is 305 g/mol. The summed E-state index contributed by atoms with van der Waals surface area (Å²) in [6.45, 7) is 0.539. The van der Waals surface area contributed by atoms with Crippen molar-refractivity contribution in [3.8, 4) is 5.75 Å². The molecule has 1 heterocycles. The minimum Gasteiger partial charge on any atom is -0.493 e. The van der Waals surface area contributed by atoms with Gasteiger partial charge in [-0.05, 0) is 30.2 Å². The van der Waals surface area contributed by atoms with E-state index in [1.807, 2.05) is 24.3 Å². The molecule has 2 aromatic carbocycles. The number of rotatable bonds is 3. The largest absolute Gasteiger partial charge is 0.493 e. The van der Waals surface area contributed by atoms with Gasteiger partial charge < -0.3 is 4.74 Å². The van der Waals surface area contributed by atoms with Crippen LogP contribution in [-0.2, 0) is 11.2 Å². The number of ether oxygens (including phenoxy) is 1. The Bertz CT molecular complexity index is 684. The van der Waals surface area contributed by atoms with E-state index in [9.17, 15) is 9.18 Å². The lowest BCUT2D eigenvalue weighted by Gasteiger charge is -2.24. The summed E-state index contributed by atoms with van der Waals surface area (Å²) in [7, 11) is 0. The predicted molar refractivity (Wildman–Crippen MR) is 79.4 cm³/mol. The van der Waals surface area contributed by atoms with Gasteiger partial charge in [-0.15, -0.1) is 0 Å². The molecule has 2 aromatic rings. The van der Waals surface area contributed by atoms with Gasteiger partial charge in [0.15, 0.2) is 0 Å². The highest BCUT2D eigenvalue weighted by Gasteiger charge is 2.27. The third kappa shape index (κ3) is 2.93. The van der Waals surface area contributed by atoms with E-state index < -0.39 is 5.82 Å². The number of halogens is 2. The van der Waals surface area contributed by atoms with Crippen LogP contribution in [0, 0.1) is 5.82 Å². The molecule has 1 aliphatic heterocycles. The molecule has 21 heavy (non-hydrogen) atoms. The van der Waals surface area contributed by atoms with Crippen molar-refractivity contribution in [3.63, 3.8) is 0 Å². The molecule has 0 N–H and O–H groups in total. The maximum absolute atomic E-state index is 13.2. The molecule has 0 aromatic heterocycles. The Labute approximate surface area is 127 Å². The second kappa shape index (κ2) is 5.86. The fourth-order valence-corrected chi connectivity index (χ4v) is 2.85. The van der Waals surface area contributed by atoms with Crippen molar-refractivity contribution in [2.75, 3.05) is 6.61 Å². The molecule has 2 nitrogen and oxygen atoms in total. The molecule has 0 saturated carbocycles. The van der Waals surface area contributed by atoms with Crippen LogP contribution in [0.3, 0.4) is 0 Å². The van der Waals surface area contributed by atoms with Gasteiger partial charge >= 0.3 is 0 Å². The SMILES string of the molecule is O=C(Cc1ccc(F)c(Cl)c1)C1CCOc2ccccc21. The quantitative estimate of drug-likeness (QED) is 0.851. The summed E-state index contributed by atoms with van der Waals surface area (Å²) in [5, 5.41) is 0.0488. The second-order valence-electron chi connectivity index (χ2n) is 5.12. The average Bonchev–Trinajstić information content (AvgIpc) is 2.50. The second-order valence-corrected chi connectivity index (χ2v) is 5.53. The molecule has 1 unspecified atom stereocenters. The molecule has 0 bridgehead atoms. The number of ketones is 1. The summed E-state index contributed by atoms with van der Waals surface area (Å²) in [5.41, 5.74) is 1.66. The van der Waals surface area contributed by atoms with Crippen molar-refractivity contribution in [1.82, 2.24) is 0 Å². The molecule has 0 saturated heterocycles. The van der Waals surface area contributed by atoms with Crippen LogP contribution in [0.15, 0.2) is 42.5 Å². The van der Waals surface area contributed by atoms with E-state index in [0.29, 0.717) is 13.0 Å². The molecule has 0 amide bonds. The molecule has 1 aliphatic rings. The molecule has 4 heteroatoms. The number of Topliss-reactive ketones (excluding diaryl/α,β-unsaturated/α-hetero) is 1. The lowest BCUT2D eigenvalue weighted by Crippen LogP contribution is -2.22. The topological polar surface area (TPSA) is 26.3 Å². The zero-order valence-electron chi connectivity index (χ0n) is 11.3. The summed E-state index contributed by atoms with van der Waals surface area (Å²) < 4.78 is 18.7. The Kier molecular flexibility index (Phi) is 3.93. The Morgan fingerprint density at radius 3 is 2.90 bits per heavy atom. The lowest BCUT2D eigenvalue weighted by atomic mass is 9.87. The summed E-state index contributed by atoms with van der Waals surface area (Å²) in [5.74, 6) is 0.246. The number of benzene rings is 2. The summed E-state index contributed by atoms with van der Waals surface area (Å²) >= 11 is 5.76. The molecule has 0 radical (unpaired) electrons. The van der Waals surface area contributed by atoms with Crippen molar-refractivity contribution in [2.24, 2.45) is 0 Å². The van der Waals surface area contributed by atoms with Crippen LogP contribution in [0.2, 0.25) is 5.02 Å². The third-order valence-electron chi connectivity index (χ3n) is 3.71. The fourth-order valence-electron chi connectivity index (χ4n) is 2.65. The standard InChI is InChI=1S/C17H14ClFO2/c18-14-9-11(5-6-15(14)19)10-16(20)12-7-8-21-17-4-2-1-3-13(12)17/h1-6,9,12H,7-8,10H2. The predicted octanol–water partition coefficient (Wildman–Crippen LogP) is 4.16. The maximum atomic E-state index is 13.2. The van der Waals surface area contributed by atoms with Crippen LogP contribution in [0.4, 0.5) is 4.39 Å². The Morgan fingerprint density at radius 2 is 2.10 bits per heavy atom. The summed E-state index contributed by atoms with van der Waals surface area (Å²) in [6, 6.07) is 12.0. The van der Waals surface area contributed by atoms with Crippen molar-refractivity contribution < 1.29 is 13.9 Å². The Balaban J connectivity index is 1.81. The number of hydrogen-bond donors (Lipinski definition) is 0. The lowest BCUT2D eigenvalue weighted by molar-refractivity contribution is -0.120. The monoisotopic (exact) mass is 304 g/mol. The number of para-hydroxylation sites is 1. The molecule has 108 valence electrons. The first-order valence-corrected chi connectivity index (χ1v) is 7.21. The highest BCUT2D eigenvalue weighted by Crippen LogP contribution is 2.34. The van der Waals surface area contributed by atoms with Gasteiger partial charge in [-0.1, -0.05) is 35.9 Å². The highest BCUT2D eigenvalue weighted by molar-refractivity contribution is 6.30. The van der Waals surface area contributed by atoms with Crippen LogP contribution in [-0.4, -0.2) is 12.4 Å². The van der Waals surface area contributed by atoms with Gasteiger partial charge in [0.25, 0.3) is 0 Å². The zero-order chi connectivity index (χ0) is 14.8. The van der Waals surface area contributed by atoms with E-state index in [4.69, 9.17) is 16.3 Å². The Morgan fingerprint density at radius 1 is 1.29 bits per heavy atom. The van der Waals surface area contributed by atoms with Gasteiger partial charge in [-0.25, -0.2) is 4.39 Å². The molecule has 1 atom stereocenters. The molecule has 0 aliphatic carbocycles. The first-order valence-electron chi connectivity index (χ1n) is 6.83. The van der Waals surface area contributed by atoms with Crippen LogP contribution >= 0.6 is 11.6 Å². The normalized spacial score (nSPS) is 17.0. The van der Waals surface area contributed by atoms with Crippen molar-refractivity contribution in [3.05, 3.63) is 64.4 Å². The third-order valence-corrected chi connectivity index (χ3v) is 4.00. The summed E-state index contributed by atoms with van der Waals surface area (Å²) in [4.78, 5) is 12.5. The first kappa shape index (κ1) is 14.1.